The molecule has 0 bridgehead atoms. The van der Waals surface area contributed by atoms with Gasteiger partial charge in [-0.15, -0.1) is 0 Å². The molecule has 0 fully saturated rings. The Morgan fingerprint density at radius 1 is 1.14 bits per heavy atom. The summed E-state index contributed by atoms with van der Waals surface area (Å²) in [5, 5.41) is 9.89. The standard InChI is InChI=1S/C22H24FNO4S/c1-14(2)13-29(27,28)18-7-4-16(5-8-18)10-19-15(3)24(12-22(25)26)21-9-6-17(23)11-20(19)21/h4-9,11,14H,10,12-13H2,1-3H3,(H,25,26). The topological polar surface area (TPSA) is 76.4 Å². The van der Waals surface area contributed by atoms with Crippen LogP contribution in [0.2, 0.25) is 0 Å². The van der Waals surface area contributed by atoms with Gasteiger partial charge in [-0.1, -0.05) is 26.0 Å². The Balaban J connectivity index is 1.99. The third-order valence-corrected chi connectivity index (χ3v) is 7.02. The van der Waals surface area contributed by atoms with Gasteiger partial charge in [0.2, 0.25) is 0 Å². The van der Waals surface area contributed by atoms with Crippen molar-refractivity contribution in [2.24, 2.45) is 5.92 Å². The van der Waals surface area contributed by atoms with Crippen molar-refractivity contribution in [3.05, 3.63) is 65.1 Å². The fraction of sp³-hybridized carbons (Fsp3) is 0.318. The van der Waals surface area contributed by atoms with Crippen molar-refractivity contribution in [2.75, 3.05) is 5.75 Å². The molecule has 2 aromatic carbocycles. The lowest BCUT2D eigenvalue weighted by Gasteiger charge is -2.09. The SMILES string of the molecule is Cc1c(Cc2ccc(S(=O)(=O)CC(C)C)cc2)c2cc(F)ccc2n1CC(=O)O. The molecule has 1 aromatic heterocycles. The summed E-state index contributed by atoms with van der Waals surface area (Å²) in [4.78, 5) is 11.5. The van der Waals surface area contributed by atoms with Crippen molar-refractivity contribution in [3.8, 4) is 0 Å². The summed E-state index contributed by atoms with van der Waals surface area (Å²) in [5.74, 6) is -1.23. The van der Waals surface area contributed by atoms with E-state index in [0.29, 0.717) is 17.3 Å². The largest absolute Gasteiger partial charge is 0.480 e. The summed E-state index contributed by atoms with van der Waals surface area (Å²) in [5.41, 5.74) is 3.12. The van der Waals surface area contributed by atoms with E-state index in [1.807, 2.05) is 20.8 Å². The number of sulfone groups is 1. The Bertz CT molecular complexity index is 1160. The van der Waals surface area contributed by atoms with E-state index in [9.17, 15) is 22.7 Å². The number of halogens is 1. The van der Waals surface area contributed by atoms with E-state index in [2.05, 4.69) is 0 Å². The molecule has 0 aliphatic rings. The molecule has 29 heavy (non-hydrogen) atoms. The molecule has 0 saturated heterocycles. The molecule has 5 nitrogen and oxygen atoms in total. The third-order valence-electron chi connectivity index (χ3n) is 4.93. The Morgan fingerprint density at radius 2 is 1.79 bits per heavy atom. The van der Waals surface area contributed by atoms with Crippen LogP contribution in [0.25, 0.3) is 10.9 Å². The lowest BCUT2D eigenvalue weighted by Crippen LogP contribution is -2.11. The third kappa shape index (κ3) is 4.50. The second-order valence-electron chi connectivity index (χ2n) is 7.70. The summed E-state index contributed by atoms with van der Waals surface area (Å²) < 4.78 is 40.3. The van der Waals surface area contributed by atoms with E-state index in [0.717, 1.165) is 16.8 Å². The van der Waals surface area contributed by atoms with Gasteiger partial charge < -0.3 is 9.67 Å². The van der Waals surface area contributed by atoms with E-state index in [4.69, 9.17) is 0 Å². The number of benzene rings is 2. The summed E-state index contributed by atoms with van der Waals surface area (Å²) in [6, 6.07) is 11.0. The molecular weight excluding hydrogens is 393 g/mol. The number of aromatic nitrogens is 1. The van der Waals surface area contributed by atoms with Gasteiger partial charge in [0.1, 0.15) is 12.4 Å². The lowest BCUT2D eigenvalue weighted by atomic mass is 10.0. The highest BCUT2D eigenvalue weighted by atomic mass is 32.2. The average molecular weight is 418 g/mol. The summed E-state index contributed by atoms with van der Waals surface area (Å²) in [6.45, 7) is 5.33. The van der Waals surface area contributed by atoms with E-state index < -0.39 is 15.8 Å². The van der Waals surface area contributed by atoms with Crippen LogP contribution in [0, 0.1) is 18.7 Å². The van der Waals surface area contributed by atoms with Gasteiger partial charge in [-0.2, -0.15) is 0 Å². The van der Waals surface area contributed by atoms with E-state index in [1.54, 1.807) is 34.9 Å². The van der Waals surface area contributed by atoms with Crippen LogP contribution in [-0.2, 0) is 27.6 Å². The lowest BCUT2D eigenvalue weighted by molar-refractivity contribution is -0.137. The number of hydrogen-bond donors (Lipinski definition) is 1. The van der Waals surface area contributed by atoms with Gasteiger partial charge in [-0.05, 0) is 60.7 Å². The zero-order chi connectivity index (χ0) is 21.3. The van der Waals surface area contributed by atoms with E-state index in [-0.39, 0.29) is 28.9 Å². The van der Waals surface area contributed by atoms with Crippen LogP contribution in [0.15, 0.2) is 47.4 Å². The molecule has 1 heterocycles. The predicted molar refractivity (Wildman–Crippen MR) is 110 cm³/mol. The van der Waals surface area contributed by atoms with Gasteiger partial charge in [0.05, 0.1) is 10.6 Å². The number of fused-ring (bicyclic) bond motifs is 1. The van der Waals surface area contributed by atoms with E-state index in [1.165, 1.54) is 12.1 Å². The summed E-state index contributed by atoms with van der Waals surface area (Å²) in [6.07, 6.45) is 0.447. The molecule has 1 N–H and O–H groups in total. The molecule has 0 aliphatic heterocycles. The van der Waals surface area contributed by atoms with Crippen LogP contribution < -0.4 is 0 Å². The number of aliphatic carboxylic acids is 1. The fourth-order valence-electron chi connectivity index (χ4n) is 3.64. The molecule has 0 saturated carbocycles. The number of hydrogen-bond acceptors (Lipinski definition) is 3. The van der Waals surface area contributed by atoms with Crippen molar-refractivity contribution >= 4 is 26.7 Å². The maximum Gasteiger partial charge on any atom is 0.323 e. The average Bonchev–Trinajstić information content (AvgIpc) is 2.86. The van der Waals surface area contributed by atoms with Crippen molar-refractivity contribution in [2.45, 2.75) is 38.6 Å². The minimum absolute atomic E-state index is 0.0394. The van der Waals surface area contributed by atoms with Crippen LogP contribution >= 0.6 is 0 Å². The molecule has 0 unspecified atom stereocenters. The highest BCUT2D eigenvalue weighted by Gasteiger charge is 2.19. The van der Waals surface area contributed by atoms with Gasteiger partial charge in [0.15, 0.2) is 9.84 Å². The van der Waals surface area contributed by atoms with Crippen molar-refractivity contribution in [3.63, 3.8) is 0 Å². The number of rotatable bonds is 7. The van der Waals surface area contributed by atoms with Gasteiger partial charge in [-0.3, -0.25) is 4.79 Å². The Morgan fingerprint density at radius 3 is 2.38 bits per heavy atom. The Labute approximate surface area is 169 Å². The van der Waals surface area contributed by atoms with Crippen molar-refractivity contribution < 1.29 is 22.7 Å². The van der Waals surface area contributed by atoms with Crippen LogP contribution in [0.5, 0.6) is 0 Å². The van der Waals surface area contributed by atoms with Gasteiger partial charge in [0.25, 0.3) is 0 Å². The molecule has 3 rings (SSSR count). The predicted octanol–water partition coefficient (Wildman–Crippen LogP) is 4.19. The maximum atomic E-state index is 13.9. The number of carboxylic acids is 1. The highest BCUT2D eigenvalue weighted by molar-refractivity contribution is 7.91. The Hall–Kier alpha value is -2.67. The van der Waals surface area contributed by atoms with Gasteiger partial charge in [-0.25, -0.2) is 12.8 Å². The number of nitrogens with zero attached hydrogens (tertiary/aromatic N) is 1. The number of carboxylic acid groups (broad SMARTS) is 1. The second-order valence-corrected chi connectivity index (χ2v) is 9.74. The first kappa shape index (κ1) is 21.0. The fourth-order valence-corrected chi connectivity index (χ4v) is 5.26. The molecule has 7 heteroatoms. The zero-order valence-corrected chi connectivity index (χ0v) is 17.5. The van der Waals surface area contributed by atoms with Crippen molar-refractivity contribution in [1.82, 2.24) is 4.57 Å². The Kier molecular flexibility index (Phi) is 5.80. The minimum Gasteiger partial charge on any atom is -0.480 e. The molecule has 0 amide bonds. The molecule has 3 aromatic rings. The normalized spacial score (nSPS) is 12.0. The first-order valence-electron chi connectivity index (χ1n) is 9.39. The van der Waals surface area contributed by atoms with Crippen LogP contribution in [-0.4, -0.2) is 29.8 Å². The molecular formula is C22H24FNO4S. The molecule has 154 valence electrons. The second kappa shape index (κ2) is 7.99. The zero-order valence-electron chi connectivity index (χ0n) is 16.6. The van der Waals surface area contributed by atoms with Crippen LogP contribution in [0.3, 0.4) is 0 Å². The van der Waals surface area contributed by atoms with Crippen molar-refractivity contribution in [1.29, 1.82) is 0 Å². The van der Waals surface area contributed by atoms with Gasteiger partial charge >= 0.3 is 5.97 Å². The van der Waals surface area contributed by atoms with Crippen LogP contribution in [0.4, 0.5) is 4.39 Å². The first-order valence-corrected chi connectivity index (χ1v) is 11.0. The molecule has 0 radical (unpaired) electrons. The quantitative estimate of drug-likeness (QED) is 0.625. The van der Waals surface area contributed by atoms with E-state index >= 15 is 0 Å². The highest BCUT2D eigenvalue weighted by Crippen LogP contribution is 2.29. The minimum atomic E-state index is -3.33. The summed E-state index contributed by atoms with van der Waals surface area (Å²) >= 11 is 0. The smallest absolute Gasteiger partial charge is 0.323 e. The maximum absolute atomic E-state index is 13.9. The summed E-state index contributed by atoms with van der Waals surface area (Å²) in [7, 11) is -3.33. The monoisotopic (exact) mass is 417 g/mol. The number of carbonyl (C=O) groups is 1. The molecule has 0 spiro atoms. The molecule has 0 atom stereocenters. The molecule has 0 aliphatic carbocycles. The van der Waals surface area contributed by atoms with Gasteiger partial charge in [0, 0.05) is 16.6 Å². The first-order chi connectivity index (χ1) is 13.6. The van der Waals surface area contributed by atoms with Crippen LogP contribution in [0.1, 0.15) is 30.7 Å².